The molecule has 3 N–H and O–H groups in total. The zero-order valence-corrected chi connectivity index (χ0v) is 20.9. The lowest BCUT2D eigenvalue weighted by Gasteiger charge is -2.34. The van der Waals surface area contributed by atoms with E-state index in [-0.39, 0.29) is 6.04 Å². The maximum absolute atomic E-state index is 12.1. The molecule has 0 aromatic heterocycles. The first-order chi connectivity index (χ1) is 15.5. The number of nitrogens with two attached hydrogens (primary N) is 1. The number of amidine groups is 1. The number of carbonyl (C=O) groups excluding carboxylic acids is 2. The largest absolute Gasteiger partial charge is 0.444 e. The number of amides is 2. The van der Waals surface area contributed by atoms with Crippen molar-refractivity contribution in [2.45, 2.75) is 71.9 Å². The van der Waals surface area contributed by atoms with Crippen LogP contribution in [0.5, 0.6) is 0 Å². The number of alkyl carbamates (subject to hydrolysis) is 1. The van der Waals surface area contributed by atoms with Gasteiger partial charge in [-0.05, 0) is 58.6 Å². The van der Waals surface area contributed by atoms with Crippen LogP contribution in [0.1, 0.15) is 60.3 Å². The lowest BCUT2D eigenvalue weighted by molar-refractivity contribution is -0.114. The fourth-order valence-corrected chi connectivity index (χ4v) is 3.27. The van der Waals surface area contributed by atoms with Crippen LogP contribution in [0.3, 0.4) is 0 Å². The van der Waals surface area contributed by atoms with E-state index in [2.05, 4.69) is 26.9 Å². The van der Waals surface area contributed by atoms with E-state index >= 15 is 0 Å². The Labute approximate surface area is 198 Å². The average Bonchev–Trinajstić information content (AvgIpc) is 2.73. The van der Waals surface area contributed by atoms with E-state index in [4.69, 9.17) is 10.5 Å². The Balaban J connectivity index is 2.96. The first-order valence-corrected chi connectivity index (χ1v) is 11.4. The number of allylic oxidation sites excluding steroid dienone is 3. The summed E-state index contributed by atoms with van der Waals surface area (Å²) in [6.07, 6.45) is 9.15. The van der Waals surface area contributed by atoms with E-state index < -0.39 is 17.6 Å². The number of likely N-dealkylation sites (tertiary alicyclic amines) is 1. The standard InChI is InChI=1S/C24H40N6O3/c1-8-11-20(10-3)29(7)27-17-26-21(16-18(9-2)22(25)31)30-14-12-19(13-15-30)28-23(32)33-24(4,5)6/h8,11,16-17,19H,1,9-10,12-15H2,2-7H3,(H2,25,31)(H,28,32)/b18-16+,20-11+,26-21+,27-17-. The van der Waals surface area contributed by atoms with Crippen molar-refractivity contribution in [1.29, 1.82) is 0 Å². The normalized spacial score (nSPS) is 16.7. The first-order valence-electron chi connectivity index (χ1n) is 11.4. The van der Waals surface area contributed by atoms with Crippen molar-refractivity contribution in [1.82, 2.24) is 15.2 Å². The Morgan fingerprint density at radius 1 is 1.24 bits per heavy atom. The number of aliphatic imine (C=N–C) groups is 1. The highest BCUT2D eigenvalue weighted by Gasteiger charge is 2.25. The molecule has 0 radical (unpaired) electrons. The summed E-state index contributed by atoms with van der Waals surface area (Å²) in [5.41, 5.74) is 6.47. The number of carbonyl (C=O) groups is 2. The van der Waals surface area contributed by atoms with Crippen molar-refractivity contribution < 1.29 is 14.3 Å². The number of primary amides is 1. The van der Waals surface area contributed by atoms with Gasteiger partial charge in [0.2, 0.25) is 5.91 Å². The summed E-state index contributed by atoms with van der Waals surface area (Å²) in [7, 11) is 1.84. The molecule has 0 atom stereocenters. The quantitative estimate of drug-likeness (QED) is 0.180. The third kappa shape index (κ3) is 10.4. The second kappa shape index (κ2) is 13.4. The molecule has 0 aromatic rings. The number of hydrazone groups is 1. The molecule has 0 aliphatic carbocycles. The zero-order chi connectivity index (χ0) is 25.0. The molecule has 0 spiro atoms. The maximum Gasteiger partial charge on any atom is 0.407 e. The van der Waals surface area contributed by atoms with Crippen LogP contribution < -0.4 is 11.1 Å². The lowest BCUT2D eigenvalue weighted by atomic mass is 10.0. The lowest BCUT2D eigenvalue weighted by Crippen LogP contribution is -2.47. The van der Waals surface area contributed by atoms with E-state index in [1.165, 1.54) is 6.34 Å². The molecule has 1 heterocycles. The summed E-state index contributed by atoms with van der Waals surface area (Å²) in [4.78, 5) is 30.4. The molecule has 33 heavy (non-hydrogen) atoms. The van der Waals surface area contributed by atoms with Gasteiger partial charge in [0.05, 0.1) is 0 Å². The molecule has 0 bridgehead atoms. The second-order valence-electron chi connectivity index (χ2n) is 8.78. The van der Waals surface area contributed by atoms with Gasteiger partial charge in [-0.3, -0.25) is 9.80 Å². The predicted molar refractivity (Wildman–Crippen MR) is 134 cm³/mol. The molecule has 184 valence electrons. The number of ether oxygens (including phenoxy) is 1. The summed E-state index contributed by atoms with van der Waals surface area (Å²) in [5, 5.41) is 9.04. The maximum atomic E-state index is 12.1. The fraction of sp³-hybridized carbons (Fsp3) is 0.583. The van der Waals surface area contributed by atoms with Gasteiger partial charge < -0.3 is 20.7 Å². The summed E-state index contributed by atoms with van der Waals surface area (Å²) >= 11 is 0. The van der Waals surface area contributed by atoms with E-state index in [0.29, 0.717) is 30.9 Å². The van der Waals surface area contributed by atoms with Gasteiger partial charge in [0.1, 0.15) is 17.8 Å². The minimum atomic E-state index is -0.536. The van der Waals surface area contributed by atoms with Gasteiger partial charge in [-0.1, -0.05) is 26.5 Å². The summed E-state index contributed by atoms with van der Waals surface area (Å²) in [6, 6.07) is 0.0130. The van der Waals surface area contributed by atoms with Crippen LogP contribution in [0, 0.1) is 0 Å². The smallest absolute Gasteiger partial charge is 0.407 e. The van der Waals surface area contributed by atoms with Gasteiger partial charge in [-0.25, -0.2) is 9.79 Å². The Morgan fingerprint density at radius 2 is 1.88 bits per heavy atom. The molecule has 1 saturated heterocycles. The highest BCUT2D eigenvalue weighted by Crippen LogP contribution is 2.15. The third-order valence-corrected chi connectivity index (χ3v) is 5.04. The van der Waals surface area contributed by atoms with Crippen molar-refractivity contribution >= 4 is 24.2 Å². The Morgan fingerprint density at radius 3 is 2.36 bits per heavy atom. The van der Waals surface area contributed by atoms with Crippen LogP contribution in [0.2, 0.25) is 0 Å². The SMILES string of the molecule is C=C/C=C(\CC)N(C)\N=C/N=C(\C=C(/CC)C(N)=O)N1CCC(NC(=O)OC(C)(C)C)CC1. The summed E-state index contributed by atoms with van der Waals surface area (Å²) in [5.74, 6) is 0.146. The first kappa shape index (κ1) is 27.9. The molecule has 1 rings (SSSR count). The Hall–Kier alpha value is -3.10. The van der Waals surface area contributed by atoms with Crippen LogP contribution in [-0.4, -0.2) is 65.9 Å². The molecule has 0 unspecified atom stereocenters. The molecule has 2 amide bonds. The van der Waals surface area contributed by atoms with Gasteiger partial charge in [-0.15, -0.1) is 0 Å². The predicted octanol–water partition coefficient (Wildman–Crippen LogP) is 3.55. The highest BCUT2D eigenvalue weighted by molar-refractivity contribution is 6.04. The van der Waals surface area contributed by atoms with E-state index in [1.54, 1.807) is 17.2 Å². The highest BCUT2D eigenvalue weighted by atomic mass is 16.6. The van der Waals surface area contributed by atoms with Gasteiger partial charge >= 0.3 is 6.09 Å². The molecule has 1 fully saturated rings. The topological polar surface area (TPSA) is 113 Å². The van der Waals surface area contributed by atoms with Gasteiger partial charge in [0, 0.05) is 37.4 Å². The summed E-state index contributed by atoms with van der Waals surface area (Å²) in [6.45, 7) is 14.5. The average molecular weight is 461 g/mol. The van der Waals surface area contributed by atoms with Crippen molar-refractivity contribution in [3.8, 4) is 0 Å². The van der Waals surface area contributed by atoms with Crippen molar-refractivity contribution in [3.05, 3.63) is 36.1 Å². The Kier molecular flexibility index (Phi) is 11.4. The van der Waals surface area contributed by atoms with Gasteiger partial charge in [-0.2, -0.15) is 5.10 Å². The van der Waals surface area contributed by atoms with Gasteiger partial charge in [0.15, 0.2) is 0 Å². The molecule has 0 saturated carbocycles. The van der Waals surface area contributed by atoms with Gasteiger partial charge in [0.25, 0.3) is 0 Å². The summed E-state index contributed by atoms with van der Waals surface area (Å²) < 4.78 is 5.35. The van der Waals surface area contributed by atoms with Crippen molar-refractivity contribution in [2.24, 2.45) is 15.8 Å². The van der Waals surface area contributed by atoms with Crippen LogP contribution in [0.15, 0.2) is 46.2 Å². The molecule has 0 aromatic carbocycles. The Bertz CT molecular complexity index is 800. The zero-order valence-electron chi connectivity index (χ0n) is 20.9. The van der Waals surface area contributed by atoms with Crippen molar-refractivity contribution in [2.75, 3.05) is 20.1 Å². The minimum absolute atomic E-state index is 0.0130. The molecular formula is C24H40N6O3. The fourth-order valence-electron chi connectivity index (χ4n) is 3.27. The number of nitrogens with one attached hydrogen (secondary N) is 1. The molecule has 1 aliphatic rings. The van der Waals surface area contributed by atoms with Crippen LogP contribution >= 0.6 is 0 Å². The van der Waals surface area contributed by atoms with E-state index in [1.807, 2.05) is 47.7 Å². The number of hydrogen-bond donors (Lipinski definition) is 2. The number of nitrogens with zero attached hydrogens (tertiary/aromatic N) is 4. The number of piperidine rings is 1. The number of rotatable bonds is 9. The molecule has 9 heteroatoms. The van der Waals surface area contributed by atoms with Crippen LogP contribution in [0.4, 0.5) is 4.79 Å². The van der Waals surface area contributed by atoms with Crippen LogP contribution in [-0.2, 0) is 9.53 Å². The molecular weight excluding hydrogens is 420 g/mol. The molecule has 9 nitrogen and oxygen atoms in total. The third-order valence-electron chi connectivity index (χ3n) is 5.04. The number of hydrogen-bond acceptors (Lipinski definition) is 5. The monoisotopic (exact) mass is 460 g/mol. The van der Waals surface area contributed by atoms with Crippen molar-refractivity contribution in [3.63, 3.8) is 0 Å². The van der Waals surface area contributed by atoms with E-state index in [9.17, 15) is 9.59 Å². The minimum Gasteiger partial charge on any atom is -0.444 e. The second-order valence-corrected chi connectivity index (χ2v) is 8.78. The molecule has 1 aliphatic heterocycles. The van der Waals surface area contributed by atoms with E-state index in [0.717, 1.165) is 25.0 Å². The van der Waals surface area contributed by atoms with Crippen LogP contribution in [0.25, 0.3) is 0 Å².